The fraction of sp³-hybridized carbons (Fsp3) is 0.455. The number of hydrogen-bond acceptors (Lipinski definition) is 3. The second-order valence-corrected chi connectivity index (χ2v) is 3.56. The zero-order valence-corrected chi connectivity index (χ0v) is 8.70. The summed E-state index contributed by atoms with van der Waals surface area (Å²) in [5.74, 6) is 5.51. The Kier molecular flexibility index (Phi) is 3.21. The highest BCUT2D eigenvalue weighted by Crippen LogP contribution is 2.00. The summed E-state index contributed by atoms with van der Waals surface area (Å²) in [5, 5.41) is 9.39. The largest absolute Gasteiger partial charge is 0.378 e. The van der Waals surface area contributed by atoms with Crippen LogP contribution in [-0.4, -0.2) is 20.7 Å². The molecule has 0 amide bonds. The molecule has 0 spiro atoms. The van der Waals surface area contributed by atoms with Crippen molar-refractivity contribution in [2.24, 2.45) is 0 Å². The van der Waals surface area contributed by atoms with Crippen LogP contribution in [0.5, 0.6) is 0 Å². The van der Waals surface area contributed by atoms with Crippen molar-refractivity contribution in [3.63, 3.8) is 0 Å². The SMILES string of the molecule is CCc1cc(C#CC(C)(C)O)ncn1. The lowest BCUT2D eigenvalue weighted by Crippen LogP contribution is -2.14. The number of aryl methyl sites for hydroxylation is 1. The van der Waals surface area contributed by atoms with Gasteiger partial charge in [0.1, 0.15) is 17.6 Å². The summed E-state index contributed by atoms with van der Waals surface area (Å²) < 4.78 is 0. The normalized spacial score (nSPS) is 10.6. The predicted octanol–water partition coefficient (Wildman–Crippen LogP) is 1.16. The molecule has 0 aliphatic carbocycles. The van der Waals surface area contributed by atoms with Gasteiger partial charge >= 0.3 is 0 Å². The first-order valence-corrected chi connectivity index (χ1v) is 4.58. The van der Waals surface area contributed by atoms with Crippen molar-refractivity contribution in [1.82, 2.24) is 9.97 Å². The highest BCUT2D eigenvalue weighted by molar-refractivity contribution is 5.30. The van der Waals surface area contributed by atoms with Gasteiger partial charge in [-0.3, -0.25) is 0 Å². The summed E-state index contributed by atoms with van der Waals surface area (Å²) >= 11 is 0. The fourth-order valence-electron chi connectivity index (χ4n) is 0.876. The van der Waals surface area contributed by atoms with Crippen LogP contribution in [0.25, 0.3) is 0 Å². The van der Waals surface area contributed by atoms with Crippen molar-refractivity contribution in [2.75, 3.05) is 0 Å². The zero-order chi connectivity index (χ0) is 10.6. The molecule has 0 aromatic carbocycles. The molecule has 0 fully saturated rings. The minimum Gasteiger partial charge on any atom is -0.378 e. The quantitative estimate of drug-likeness (QED) is 0.676. The summed E-state index contributed by atoms with van der Waals surface area (Å²) in [6.07, 6.45) is 2.35. The van der Waals surface area contributed by atoms with E-state index in [4.69, 9.17) is 0 Å². The van der Waals surface area contributed by atoms with E-state index in [1.807, 2.05) is 13.0 Å². The van der Waals surface area contributed by atoms with Crippen LogP contribution in [0.3, 0.4) is 0 Å². The van der Waals surface area contributed by atoms with Crippen LogP contribution in [0.2, 0.25) is 0 Å². The maximum Gasteiger partial charge on any atom is 0.120 e. The number of rotatable bonds is 1. The maximum atomic E-state index is 9.39. The van der Waals surface area contributed by atoms with Gasteiger partial charge in [0.25, 0.3) is 0 Å². The molecule has 1 aromatic rings. The van der Waals surface area contributed by atoms with E-state index < -0.39 is 5.60 Å². The summed E-state index contributed by atoms with van der Waals surface area (Å²) in [5.41, 5.74) is 0.635. The number of nitrogens with zero attached hydrogens (tertiary/aromatic N) is 2. The summed E-state index contributed by atoms with van der Waals surface area (Å²) in [6.45, 7) is 5.30. The molecule has 0 bridgehead atoms. The minimum atomic E-state index is -0.975. The predicted molar refractivity (Wildman–Crippen MR) is 54.6 cm³/mol. The van der Waals surface area contributed by atoms with Gasteiger partial charge < -0.3 is 5.11 Å². The van der Waals surface area contributed by atoms with Crippen LogP contribution >= 0.6 is 0 Å². The Bertz CT molecular complexity index is 369. The third-order valence-corrected chi connectivity index (χ3v) is 1.58. The molecule has 0 aliphatic heterocycles. The van der Waals surface area contributed by atoms with Crippen LogP contribution in [-0.2, 0) is 6.42 Å². The van der Waals surface area contributed by atoms with Crippen molar-refractivity contribution in [3.05, 3.63) is 23.8 Å². The lowest BCUT2D eigenvalue weighted by molar-refractivity contribution is 0.143. The Balaban J connectivity index is 2.90. The average Bonchev–Trinajstić information content (AvgIpc) is 2.14. The molecule has 14 heavy (non-hydrogen) atoms. The van der Waals surface area contributed by atoms with Gasteiger partial charge in [-0.15, -0.1) is 0 Å². The molecule has 0 atom stereocenters. The molecule has 1 aromatic heterocycles. The van der Waals surface area contributed by atoms with E-state index in [1.54, 1.807) is 13.8 Å². The highest BCUT2D eigenvalue weighted by Gasteiger charge is 2.05. The lowest BCUT2D eigenvalue weighted by Gasteiger charge is -2.05. The van der Waals surface area contributed by atoms with E-state index in [2.05, 4.69) is 21.8 Å². The van der Waals surface area contributed by atoms with Crippen molar-refractivity contribution >= 4 is 0 Å². The average molecular weight is 190 g/mol. The van der Waals surface area contributed by atoms with E-state index >= 15 is 0 Å². The fourth-order valence-corrected chi connectivity index (χ4v) is 0.876. The van der Waals surface area contributed by atoms with Gasteiger partial charge in [0, 0.05) is 5.69 Å². The lowest BCUT2D eigenvalue weighted by atomic mass is 10.1. The Morgan fingerprint density at radius 3 is 2.71 bits per heavy atom. The van der Waals surface area contributed by atoms with E-state index in [9.17, 15) is 5.11 Å². The molecule has 1 rings (SSSR count). The molecule has 0 radical (unpaired) electrons. The third-order valence-electron chi connectivity index (χ3n) is 1.58. The first kappa shape index (κ1) is 10.7. The second kappa shape index (κ2) is 4.21. The Hall–Kier alpha value is -1.40. The molecule has 3 nitrogen and oxygen atoms in total. The molecule has 3 heteroatoms. The van der Waals surface area contributed by atoms with Crippen molar-refractivity contribution in [3.8, 4) is 11.8 Å². The molecule has 0 unspecified atom stereocenters. The van der Waals surface area contributed by atoms with Gasteiger partial charge in [-0.1, -0.05) is 12.8 Å². The Morgan fingerprint density at radius 2 is 2.14 bits per heavy atom. The van der Waals surface area contributed by atoms with Crippen molar-refractivity contribution in [2.45, 2.75) is 32.8 Å². The Labute approximate surface area is 84.2 Å². The topological polar surface area (TPSA) is 46.0 Å². The third kappa shape index (κ3) is 3.55. The van der Waals surface area contributed by atoms with Crippen LogP contribution in [0.1, 0.15) is 32.2 Å². The zero-order valence-electron chi connectivity index (χ0n) is 8.70. The van der Waals surface area contributed by atoms with Gasteiger partial charge in [0.05, 0.1) is 0 Å². The molecule has 0 aliphatic rings. The molecule has 1 N–H and O–H groups in total. The number of aromatic nitrogens is 2. The Morgan fingerprint density at radius 1 is 1.43 bits per heavy atom. The van der Waals surface area contributed by atoms with Crippen LogP contribution in [0.15, 0.2) is 12.4 Å². The summed E-state index contributed by atoms with van der Waals surface area (Å²) in [6, 6.07) is 1.83. The number of hydrogen-bond donors (Lipinski definition) is 1. The van der Waals surface area contributed by atoms with Gasteiger partial charge in [0.15, 0.2) is 0 Å². The number of aliphatic hydroxyl groups is 1. The molecular weight excluding hydrogens is 176 g/mol. The summed E-state index contributed by atoms with van der Waals surface area (Å²) in [7, 11) is 0. The molecule has 0 saturated heterocycles. The molecule has 1 heterocycles. The first-order valence-electron chi connectivity index (χ1n) is 4.58. The smallest absolute Gasteiger partial charge is 0.120 e. The van der Waals surface area contributed by atoms with Gasteiger partial charge in [-0.05, 0) is 32.3 Å². The summed E-state index contributed by atoms with van der Waals surface area (Å²) in [4.78, 5) is 8.06. The van der Waals surface area contributed by atoms with E-state index in [1.165, 1.54) is 6.33 Å². The minimum absolute atomic E-state index is 0.652. The van der Waals surface area contributed by atoms with Crippen molar-refractivity contribution in [1.29, 1.82) is 0 Å². The monoisotopic (exact) mass is 190 g/mol. The van der Waals surface area contributed by atoms with Crippen molar-refractivity contribution < 1.29 is 5.11 Å². The van der Waals surface area contributed by atoms with E-state index in [-0.39, 0.29) is 0 Å². The standard InChI is InChI=1S/C11H14N2O/c1-4-9-7-10(13-8-12-9)5-6-11(2,3)14/h7-8,14H,4H2,1-3H3. The molecule has 0 saturated carbocycles. The molecular formula is C11H14N2O. The maximum absolute atomic E-state index is 9.39. The second-order valence-electron chi connectivity index (χ2n) is 3.56. The van der Waals surface area contributed by atoms with Gasteiger partial charge in [-0.2, -0.15) is 0 Å². The molecule has 74 valence electrons. The van der Waals surface area contributed by atoms with Crippen LogP contribution in [0.4, 0.5) is 0 Å². The first-order chi connectivity index (χ1) is 6.51. The van der Waals surface area contributed by atoms with E-state index in [0.717, 1.165) is 12.1 Å². The van der Waals surface area contributed by atoms with Crippen LogP contribution < -0.4 is 0 Å². The van der Waals surface area contributed by atoms with Gasteiger partial charge in [0.2, 0.25) is 0 Å². The van der Waals surface area contributed by atoms with Crippen LogP contribution in [0, 0.1) is 11.8 Å². The highest BCUT2D eigenvalue weighted by atomic mass is 16.3. The van der Waals surface area contributed by atoms with Gasteiger partial charge in [-0.25, -0.2) is 9.97 Å². The van der Waals surface area contributed by atoms with E-state index in [0.29, 0.717) is 5.69 Å².